The molecule has 0 amide bonds. The summed E-state index contributed by atoms with van der Waals surface area (Å²) in [7, 11) is -1.63. The van der Waals surface area contributed by atoms with Gasteiger partial charge in [0.05, 0.1) is 16.0 Å². The Labute approximate surface area is 130 Å². The predicted molar refractivity (Wildman–Crippen MR) is 82.1 cm³/mol. The molecule has 0 fully saturated rings. The van der Waals surface area contributed by atoms with Crippen LogP contribution in [0.2, 0.25) is 0 Å². The van der Waals surface area contributed by atoms with Gasteiger partial charge < -0.3 is 5.11 Å². The summed E-state index contributed by atoms with van der Waals surface area (Å²) in [6, 6.07) is 3.46. The summed E-state index contributed by atoms with van der Waals surface area (Å²) in [4.78, 5) is 0. The van der Waals surface area contributed by atoms with Gasteiger partial charge in [0.15, 0.2) is 0 Å². The Kier molecular flexibility index (Phi) is 5.56. The molecule has 0 saturated heterocycles. The topological polar surface area (TPSA) is 49.7 Å². The van der Waals surface area contributed by atoms with Crippen LogP contribution in [0.15, 0.2) is 22.6 Å². The van der Waals surface area contributed by atoms with E-state index in [1.54, 1.807) is 20.8 Å². The summed E-state index contributed by atoms with van der Waals surface area (Å²) in [6.45, 7) is 7.41. The standard InChI is InChI=1S/C15H20F3NO2S/c1-9(19-22(21)14(3,4)5)11-7-6-8-12(13(11)16)15(17,18)10(2)20/h6-8,10,20H,1-5H3/t10?,22-/m0/s1. The van der Waals surface area contributed by atoms with Crippen LogP contribution in [-0.4, -0.2) is 25.9 Å². The zero-order valence-electron chi connectivity index (χ0n) is 13.2. The Bertz CT molecular complexity index is 607. The molecule has 1 unspecified atom stereocenters. The minimum absolute atomic E-state index is 0.0639. The number of halogens is 3. The summed E-state index contributed by atoms with van der Waals surface area (Å²) in [5, 5.41) is 9.14. The molecule has 0 aromatic heterocycles. The van der Waals surface area contributed by atoms with Crippen LogP contribution in [0.25, 0.3) is 0 Å². The van der Waals surface area contributed by atoms with E-state index >= 15 is 0 Å². The average molecular weight is 335 g/mol. The molecule has 1 aromatic carbocycles. The van der Waals surface area contributed by atoms with Gasteiger partial charge in [0.25, 0.3) is 0 Å². The number of nitrogens with zero attached hydrogens (tertiary/aromatic N) is 1. The van der Waals surface area contributed by atoms with Gasteiger partial charge in [-0.25, -0.2) is 8.60 Å². The van der Waals surface area contributed by atoms with Crippen LogP contribution < -0.4 is 0 Å². The van der Waals surface area contributed by atoms with Crippen molar-refractivity contribution in [3.63, 3.8) is 0 Å². The maximum Gasteiger partial charge on any atom is 0.301 e. The molecule has 22 heavy (non-hydrogen) atoms. The first-order valence-electron chi connectivity index (χ1n) is 6.71. The van der Waals surface area contributed by atoms with E-state index in [0.717, 1.165) is 13.0 Å². The molecule has 7 heteroatoms. The summed E-state index contributed by atoms with van der Waals surface area (Å²) < 4.78 is 57.3. The molecule has 0 bridgehead atoms. The third-order valence-electron chi connectivity index (χ3n) is 3.02. The minimum Gasteiger partial charge on any atom is -0.387 e. The van der Waals surface area contributed by atoms with Crippen molar-refractivity contribution in [1.29, 1.82) is 0 Å². The molecule has 2 atom stereocenters. The second-order valence-electron chi connectivity index (χ2n) is 6.00. The van der Waals surface area contributed by atoms with Gasteiger partial charge in [-0.2, -0.15) is 13.2 Å². The van der Waals surface area contributed by atoms with Crippen molar-refractivity contribution in [1.82, 2.24) is 0 Å². The van der Waals surface area contributed by atoms with Crippen molar-refractivity contribution in [3.05, 3.63) is 35.1 Å². The second-order valence-corrected chi connectivity index (χ2v) is 7.91. The maximum atomic E-state index is 14.4. The van der Waals surface area contributed by atoms with Crippen LogP contribution >= 0.6 is 0 Å². The van der Waals surface area contributed by atoms with Gasteiger partial charge in [-0.15, -0.1) is 0 Å². The smallest absolute Gasteiger partial charge is 0.301 e. The van der Waals surface area contributed by atoms with Crippen LogP contribution in [0.3, 0.4) is 0 Å². The van der Waals surface area contributed by atoms with Gasteiger partial charge in [-0.05, 0) is 40.7 Å². The number of alkyl halides is 2. The van der Waals surface area contributed by atoms with E-state index in [1.807, 2.05) is 0 Å². The molecule has 1 rings (SSSR count). The molecule has 3 nitrogen and oxygen atoms in total. The van der Waals surface area contributed by atoms with Crippen LogP contribution in [0.4, 0.5) is 13.2 Å². The molecule has 1 aromatic rings. The van der Waals surface area contributed by atoms with Gasteiger partial charge in [-0.3, -0.25) is 0 Å². The molecular weight excluding hydrogens is 315 g/mol. The molecule has 0 aliphatic heterocycles. The fraction of sp³-hybridized carbons (Fsp3) is 0.533. The molecule has 0 spiro atoms. The molecule has 0 heterocycles. The van der Waals surface area contributed by atoms with Crippen LogP contribution in [-0.2, 0) is 16.9 Å². The third-order valence-corrected chi connectivity index (χ3v) is 4.50. The minimum atomic E-state index is -3.72. The van der Waals surface area contributed by atoms with Crippen molar-refractivity contribution >= 4 is 16.7 Å². The van der Waals surface area contributed by atoms with E-state index in [0.29, 0.717) is 0 Å². The van der Waals surface area contributed by atoms with E-state index in [2.05, 4.69) is 4.40 Å². The SMILES string of the molecule is CC(=N[S@@](=O)C(C)(C)C)c1cccc(C(F)(F)C(C)O)c1F. The molecule has 0 aliphatic rings. The fourth-order valence-corrected chi connectivity index (χ4v) is 2.23. The van der Waals surface area contributed by atoms with Crippen LogP contribution in [0.5, 0.6) is 0 Å². The average Bonchev–Trinajstić information content (AvgIpc) is 2.37. The Balaban J connectivity index is 3.35. The van der Waals surface area contributed by atoms with Crippen molar-refractivity contribution in [2.45, 2.75) is 51.4 Å². The van der Waals surface area contributed by atoms with E-state index in [1.165, 1.54) is 19.1 Å². The largest absolute Gasteiger partial charge is 0.387 e. The molecular formula is C15H20F3NO2S. The number of benzene rings is 1. The summed E-state index contributed by atoms with van der Waals surface area (Å²) in [5.41, 5.74) is -1.000. The quantitative estimate of drug-likeness (QED) is 0.855. The van der Waals surface area contributed by atoms with E-state index in [9.17, 15) is 17.4 Å². The molecule has 0 saturated carbocycles. The number of aliphatic hydroxyl groups is 1. The van der Waals surface area contributed by atoms with Gasteiger partial charge in [-0.1, -0.05) is 12.1 Å². The number of aliphatic hydroxyl groups excluding tert-OH is 1. The first kappa shape index (κ1) is 18.8. The van der Waals surface area contributed by atoms with Gasteiger partial charge in [0, 0.05) is 5.56 Å². The fourth-order valence-electron chi connectivity index (χ4n) is 1.60. The van der Waals surface area contributed by atoms with Crippen LogP contribution in [0.1, 0.15) is 45.7 Å². The normalized spacial score (nSPS) is 16.5. The second kappa shape index (κ2) is 6.50. The number of rotatable bonds is 4. The lowest BCUT2D eigenvalue weighted by Gasteiger charge is -2.21. The van der Waals surface area contributed by atoms with Crippen molar-refractivity contribution in [2.24, 2.45) is 4.40 Å². The highest BCUT2D eigenvalue weighted by Crippen LogP contribution is 2.34. The lowest BCUT2D eigenvalue weighted by molar-refractivity contribution is -0.108. The summed E-state index contributed by atoms with van der Waals surface area (Å²) in [6.07, 6.45) is -2.03. The Morgan fingerprint density at radius 2 is 1.86 bits per heavy atom. The van der Waals surface area contributed by atoms with Gasteiger partial charge >= 0.3 is 5.92 Å². The first-order valence-corrected chi connectivity index (χ1v) is 7.82. The third kappa shape index (κ3) is 3.95. The zero-order valence-corrected chi connectivity index (χ0v) is 14.0. The van der Waals surface area contributed by atoms with Crippen molar-refractivity contribution in [3.8, 4) is 0 Å². The van der Waals surface area contributed by atoms with E-state index in [-0.39, 0.29) is 11.3 Å². The maximum absolute atomic E-state index is 14.4. The Hall–Kier alpha value is -1.21. The van der Waals surface area contributed by atoms with E-state index < -0.39 is 39.1 Å². The highest BCUT2D eigenvalue weighted by Gasteiger charge is 2.40. The predicted octanol–water partition coefficient (Wildman–Crippen LogP) is 3.57. The zero-order chi connectivity index (χ0) is 17.3. The number of hydrogen-bond acceptors (Lipinski definition) is 2. The summed E-state index contributed by atoms with van der Waals surface area (Å²) >= 11 is 0. The highest BCUT2D eigenvalue weighted by atomic mass is 32.2. The highest BCUT2D eigenvalue weighted by molar-refractivity contribution is 7.85. The van der Waals surface area contributed by atoms with Gasteiger partial charge in [0.1, 0.15) is 22.9 Å². The Morgan fingerprint density at radius 3 is 2.32 bits per heavy atom. The molecule has 1 N–H and O–H groups in total. The van der Waals surface area contributed by atoms with Gasteiger partial charge in [0.2, 0.25) is 0 Å². The summed E-state index contributed by atoms with van der Waals surface area (Å²) in [5.74, 6) is -4.88. The lowest BCUT2D eigenvalue weighted by Crippen LogP contribution is -2.29. The monoisotopic (exact) mass is 335 g/mol. The Morgan fingerprint density at radius 1 is 1.32 bits per heavy atom. The lowest BCUT2D eigenvalue weighted by atomic mass is 9.99. The van der Waals surface area contributed by atoms with E-state index in [4.69, 9.17) is 5.11 Å². The first-order chi connectivity index (χ1) is 9.89. The number of hydrogen-bond donors (Lipinski definition) is 1. The molecule has 0 radical (unpaired) electrons. The van der Waals surface area contributed by atoms with Crippen molar-refractivity contribution < 1.29 is 22.5 Å². The van der Waals surface area contributed by atoms with Crippen LogP contribution in [0, 0.1) is 5.82 Å². The van der Waals surface area contributed by atoms with Crippen molar-refractivity contribution in [2.75, 3.05) is 0 Å². The molecule has 0 aliphatic carbocycles. The molecule has 124 valence electrons.